The maximum atomic E-state index is 13.2. The molecule has 0 saturated heterocycles. The number of carboxylic acids is 1. The van der Waals surface area contributed by atoms with Gasteiger partial charge in [0.1, 0.15) is 5.69 Å². The van der Waals surface area contributed by atoms with E-state index in [0.29, 0.717) is 12.2 Å². The fourth-order valence-corrected chi connectivity index (χ4v) is 1.13. The van der Waals surface area contributed by atoms with Gasteiger partial charge in [0.2, 0.25) is 0 Å². The van der Waals surface area contributed by atoms with Crippen molar-refractivity contribution in [3.63, 3.8) is 0 Å². The number of carbonyl (C=O) groups is 3. The first kappa shape index (κ1) is 16.1. The van der Waals surface area contributed by atoms with Crippen molar-refractivity contribution in [3.8, 4) is 0 Å². The molecule has 0 aliphatic carbocycles. The third kappa shape index (κ3) is 4.30. The van der Waals surface area contributed by atoms with Gasteiger partial charge < -0.3 is 10.4 Å². The first-order valence-electron chi connectivity index (χ1n) is 5.08. The summed E-state index contributed by atoms with van der Waals surface area (Å²) < 4.78 is 52.1. The highest BCUT2D eigenvalue weighted by Gasteiger charge is 2.21. The molecule has 21 heavy (non-hydrogen) atoms. The van der Waals surface area contributed by atoms with Crippen LogP contribution < -0.4 is 10.6 Å². The molecule has 0 fully saturated rings. The van der Waals surface area contributed by atoms with E-state index in [0.717, 1.165) is 0 Å². The number of rotatable bonds is 3. The lowest BCUT2D eigenvalue weighted by molar-refractivity contribution is -0.131. The summed E-state index contributed by atoms with van der Waals surface area (Å²) in [7, 11) is 0. The number of hydrogen-bond donors (Lipinski definition) is 3. The maximum absolute atomic E-state index is 13.2. The molecule has 1 aromatic rings. The van der Waals surface area contributed by atoms with Crippen molar-refractivity contribution >= 4 is 23.6 Å². The molecule has 1 rings (SSSR count). The van der Waals surface area contributed by atoms with Crippen LogP contribution in [0, 0.1) is 23.3 Å². The molecule has 0 saturated carbocycles. The van der Waals surface area contributed by atoms with Crippen LogP contribution in [0.1, 0.15) is 0 Å². The molecule has 0 aliphatic heterocycles. The number of benzene rings is 1. The highest BCUT2D eigenvalue weighted by atomic mass is 19.2. The van der Waals surface area contributed by atoms with Gasteiger partial charge >= 0.3 is 12.0 Å². The fourth-order valence-electron chi connectivity index (χ4n) is 1.13. The van der Waals surface area contributed by atoms with Crippen molar-refractivity contribution in [2.24, 2.45) is 0 Å². The first-order chi connectivity index (χ1) is 9.72. The van der Waals surface area contributed by atoms with Crippen LogP contribution in [0.3, 0.4) is 0 Å². The number of nitrogens with one attached hydrogen (secondary N) is 2. The van der Waals surface area contributed by atoms with E-state index in [2.05, 4.69) is 0 Å². The lowest BCUT2D eigenvalue weighted by atomic mass is 10.2. The van der Waals surface area contributed by atoms with Gasteiger partial charge in [0.05, 0.1) is 0 Å². The summed E-state index contributed by atoms with van der Waals surface area (Å²) in [6.45, 7) is 0. The Balaban J connectivity index is 2.85. The summed E-state index contributed by atoms with van der Waals surface area (Å²) in [6, 6.07) is -1.58. The molecule has 6 nitrogen and oxygen atoms in total. The molecule has 0 aromatic heterocycles. The Kier molecular flexibility index (Phi) is 5.00. The number of aliphatic carboxylic acids is 1. The summed E-state index contributed by atoms with van der Waals surface area (Å²) in [5, 5.41) is 11.1. The molecule has 1 aromatic carbocycles. The second kappa shape index (κ2) is 6.50. The van der Waals surface area contributed by atoms with Gasteiger partial charge in [-0.25, -0.2) is 27.2 Å². The summed E-state index contributed by atoms with van der Waals surface area (Å²) >= 11 is 0. The summed E-state index contributed by atoms with van der Waals surface area (Å²) in [5.74, 6) is -9.93. The van der Waals surface area contributed by atoms with E-state index in [9.17, 15) is 31.9 Å². The van der Waals surface area contributed by atoms with Crippen LogP contribution in [0.5, 0.6) is 0 Å². The Morgan fingerprint density at radius 3 is 2.00 bits per heavy atom. The van der Waals surface area contributed by atoms with Crippen molar-refractivity contribution in [2.75, 3.05) is 5.32 Å². The number of amides is 3. The minimum atomic E-state index is -1.86. The van der Waals surface area contributed by atoms with Crippen LogP contribution >= 0.6 is 0 Å². The Bertz CT molecular complexity index is 619. The van der Waals surface area contributed by atoms with E-state index in [1.165, 1.54) is 10.6 Å². The lowest BCUT2D eigenvalue weighted by Crippen LogP contribution is -2.34. The monoisotopic (exact) mass is 306 g/mol. The predicted molar refractivity (Wildman–Crippen MR) is 60.2 cm³/mol. The maximum Gasteiger partial charge on any atom is 0.328 e. The van der Waals surface area contributed by atoms with Crippen LogP contribution in [0.2, 0.25) is 0 Å². The molecule has 10 heteroatoms. The highest BCUT2D eigenvalue weighted by molar-refractivity contribution is 6.06. The molecule has 0 heterocycles. The van der Waals surface area contributed by atoms with Gasteiger partial charge in [-0.3, -0.25) is 10.1 Å². The van der Waals surface area contributed by atoms with Crippen molar-refractivity contribution in [1.29, 1.82) is 0 Å². The Hall–Kier alpha value is -2.91. The number of hydrogen-bond acceptors (Lipinski definition) is 3. The molecule has 0 aliphatic rings. The molecular formula is C11H6F4N2O4. The van der Waals surface area contributed by atoms with E-state index >= 15 is 0 Å². The molecule has 0 unspecified atom stereocenters. The smallest absolute Gasteiger partial charge is 0.328 e. The molecular weight excluding hydrogens is 300 g/mol. The molecule has 0 radical (unpaired) electrons. The van der Waals surface area contributed by atoms with Crippen LogP contribution in [-0.4, -0.2) is 23.0 Å². The van der Waals surface area contributed by atoms with Gasteiger partial charge in [0, 0.05) is 18.2 Å². The zero-order valence-corrected chi connectivity index (χ0v) is 9.92. The molecule has 0 spiro atoms. The highest BCUT2D eigenvalue weighted by Crippen LogP contribution is 2.23. The number of urea groups is 1. The fraction of sp³-hybridized carbons (Fsp3) is 0. The minimum Gasteiger partial charge on any atom is -0.478 e. The van der Waals surface area contributed by atoms with Gasteiger partial charge in [-0.1, -0.05) is 0 Å². The molecule has 0 atom stereocenters. The average molecular weight is 306 g/mol. The van der Waals surface area contributed by atoms with E-state index < -0.39 is 46.9 Å². The van der Waals surface area contributed by atoms with Gasteiger partial charge in [-0.15, -0.1) is 0 Å². The molecule has 3 amide bonds. The second-order valence-electron chi connectivity index (χ2n) is 3.46. The van der Waals surface area contributed by atoms with E-state index in [1.807, 2.05) is 0 Å². The molecule has 0 bridgehead atoms. The molecule has 112 valence electrons. The zero-order valence-electron chi connectivity index (χ0n) is 9.92. The third-order valence-electron chi connectivity index (χ3n) is 1.96. The Morgan fingerprint density at radius 1 is 1.00 bits per heavy atom. The normalized spacial score (nSPS) is 10.5. The quantitative estimate of drug-likeness (QED) is 0.448. The van der Waals surface area contributed by atoms with E-state index in [-0.39, 0.29) is 6.07 Å². The molecule has 3 N–H and O–H groups in total. The Labute approximate surface area is 114 Å². The van der Waals surface area contributed by atoms with Crippen LogP contribution in [0.15, 0.2) is 18.2 Å². The lowest BCUT2D eigenvalue weighted by Gasteiger charge is -2.08. The van der Waals surface area contributed by atoms with Gasteiger partial charge in [-0.05, 0) is 0 Å². The number of carbonyl (C=O) groups excluding carboxylic acids is 2. The van der Waals surface area contributed by atoms with E-state index in [1.54, 1.807) is 0 Å². The number of imide groups is 1. The Morgan fingerprint density at radius 2 is 1.52 bits per heavy atom. The second-order valence-corrected chi connectivity index (χ2v) is 3.46. The SMILES string of the molecule is O=C(O)/C=C/C(=O)NC(=O)Nc1c(F)c(F)cc(F)c1F. The van der Waals surface area contributed by atoms with Crippen molar-refractivity contribution < 1.29 is 37.1 Å². The van der Waals surface area contributed by atoms with Gasteiger partial charge in [-0.2, -0.15) is 0 Å². The topological polar surface area (TPSA) is 95.5 Å². The van der Waals surface area contributed by atoms with Crippen molar-refractivity contribution in [3.05, 3.63) is 41.5 Å². The summed E-state index contributed by atoms with van der Waals surface area (Å²) in [6.07, 6.45) is 0.840. The first-order valence-corrected chi connectivity index (χ1v) is 5.08. The summed E-state index contributed by atoms with van der Waals surface area (Å²) in [5.41, 5.74) is -1.43. The number of halogens is 4. The zero-order chi connectivity index (χ0) is 16.2. The number of carboxylic acid groups (broad SMARTS) is 1. The summed E-state index contributed by atoms with van der Waals surface area (Å²) in [4.78, 5) is 32.3. The van der Waals surface area contributed by atoms with Gasteiger partial charge in [0.25, 0.3) is 5.91 Å². The van der Waals surface area contributed by atoms with Crippen LogP contribution in [-0.2, 0) is 9.59 Å². The van der Waals surface area contributed by atoms with Crippen molar-refractivity contribution in [1.82, 2.24) is 5.32 Å². The predicted octanol–water partition coefficient (Wildman–Crippen LogP) is 1.53. The number of anilines is 1. The third-order valence-corrected chi connectivity index (χ3v) is 1.96. The van der Waals surface area contributed by atoms with E-state index in [4.69, 9.17) is 5.11 Å². The average Bonchev–Trinajstić information content (AvgIpc) is 2.39. The standard InChI is InChI=1S/C11H6F4N2O4/c12-4-3-5(13)9(15)10(8(4)14)17-11(21)16-6(18)1-2-7(19)20/h1-3H,(H,19,20)(H2,16,17,18,21)/b2-1+. The van der Waals surface area contributed by atoms with Crippen molar-refractivity contribution in [2.45, 2.75) is 0 Å². The van der Waals surface area contributed by atoms with Crippen LogP contribution in [0.25, 0.3) is 0 Å². The van der Waals surface area contributed by atoms with Crippen LogP contribution in [0.4, 0.5) is 28.0 Å². The minimum absolute atomic E-state index is 0.0610. The van der Waals surface area contributed by atoms with Gasteiger partial charge in [0.15, 0.2) is 23.3 Å². The largest absolute Gasteiger partial charge is 0.478 e.